The van der Waals surface area contributed by atoms with Crippen LogP contribution in [0.4, 0.5) is 0 Å². The molecule has 1 aromatic rings. The lowest BCUT2D eigenvalue weighted by atomic mass is 9.79. The van der Waals surface area contributed by atoms with Gasteiger partial charge in [0.2, 0.25) is 0 Å². The van der Waals surface area contributed by atoms with E-state index < -0.39 is 0 Å². The highest BCUT2D eigenvalue weighted by Gasteiger charge is 2.34. The molecule has 1 aromatic carbocycles. The molecule has 0 unspecified atom stereocenters. The van der Waals surface area contributed by atoms with Crippen molar-refractivity contribution in [1.82, 2.24) is 0 Å². The maximum absolute atomic E-state index is 9.56. The van der Waals surface area contributed by atoms with Crippen LogP contribution in [0, 0.1) is 6.92 Å². The standard InChI is InChI=1S/C13H18O/c1-11-5-4-6-12(9-11)13(10-14)7-2-3-8-13/h4-6,9,14H,2-3,7-8,10H2,1H3. The molecule has 0 heterocycles. The molecule has 0 saturated heterocycles. The lowest BCUT2D eigenvalue weighted by molar-refractivity contribution is 0.196. The van der Waals surface area contributed by atoms with Crippen molar-refractivity contribution in [1.29, 1.82) is 0 Å². The van der Waals surface area contributed by atoms with Gasteiger partial charge in [-0.2, -0.15) is 0 Å². The van der Waals surface area contributed by atoms with Crippen LogP contribution in [-0.2, 0) is 5.41 Å². The van der Waals surface area contributed by atoms with E-state index in [2.05, 4.69) is 31.2 Å². The summed E-state index contributed by atoms with van der Waals surface area (Å²) in [6, 6.07) is 8.60. The average molecular weight is 190 g/mol. The highest BCUT2D eigenvalue weighted by molar-refractivity contribution is 5.30. The fraction of sp³-hybridized carbons (Fsp3) is 0.538. The molecule has 1 heteroatoms. The lowest BCUT2D eigenvalue weighted by Gasteiger charge is -2.27. The molecule has 1 saturated carbocycles. The molecule has 76 valence electrons. The third-order valence-electron chi connectivity index (χ3n) is 3.49. The van der Waals surface area contributed by atoms with E-state index in [-0.39, 0.29) is 5.41 Å². The minimum absolute atomic E-state index is 0.0754. The number of rotatable bonds is 2. The fourth-order valence-electron chi connectivity index (χ4n) is 2.56. The smallest absolute Gasteiger partial charge is 0.0527 e. The molecule has 14 heavy (non-hydrogen) atoms. The van der Waals surface area contributed by atoms with Gasteiger partial charge < -0.3 is 5.11 Å². The predicted octanol–water partition coefficient (Wildman–Crippen LogP) is 2.80. The summed E-state index contributed by atoms with van der Waals surface area (Å²) < 4.78 is 0. The van der Waals surface area contributed by atoms with E-state index in [9.17, 15) is 5.11 Å². The van der Waals surface area contributed by atoms with Gasteiger partial charge in [-0.3, -0.25) is 0 Å². The first-order valence-corrected chi connectivity index (χ1v) is 5.45. The molecule has 0 bridgehead atoms. The predicted molar refractivity (Wildman–Crippen MR) is 58.4 cm³/mol. The molecule has 1 aliphatic carbocycles. The molecule has 0 atom stereocenters. The Bertz CT molecular complexity index is 311. The molecule has 0 amide bonds. The van der Waals surface area contributed by atoms with Gasteiger partial charge in [-0.05, 0) is 25.3 Å². The average Bonchev–Trinajstić information content (AvgIpc) is 2.67. The molecule has 1 nitrogen and oxygen atoms in total. The van der Waals surface area contributed by atoms with Crippen LogP contribution < -0.4 is 0 Å². The molecule has 0 radical (unpaired) electrons. The van der Waals surface area contributed by atoms with Gasteiger partial charge in [0.1, 0.15) is 0 Å². The van der Waals surface area contributed by atoms with Gasteiger partial charge in [0.15, 0.2) is 0 Å². The maximum atomic E-state index is 9.56. The zero-order valence-corrected chi connectivity index (χ0v) is 8.79. The molecular formula is C13H18O. The Labute approximate surface area is 85.8 Å². The lowest BCUT2D eigenvalue weighted by Crippen LogP contribution is -2.26. The number of aliphatic hydroxyl groups is 1. The van der Waals surface area contributed by atoms with E-state index in [4.69, 9.17) is 0 Å². The zero-order valence-electron chi connectivity index (χ0n) is 8.79. The van der Waals surface area contributed by atoms with Crippen LogP contribution in [0.15, 0.2) is 24.3 Å². The fourth-order valence-corrected chi connectivity index (χ4v) is 2.56. The number of aryl methyl sites for hydroxylation is 1. The number of hydrogen-bond acceptors (Lipinski definition) is 1. The Balaban J connectivity index is 2.35. The van der Waals surface area contributed by atoms with Crippen LogP contribution in [0.1, 0.15) is 36.8 Å². The summed E-state index contributed by atoms with van der Waals surface area (Å²) >= 11 is 0. The van der Waals surface area contributed by atoms with Gasteiger partial charge in [-0.1, -0.05) is 42.7 Å². The second-order valence-electron chi connectivity index (χ2n) is 4.52. The van der Waals surface area contributed by atoms with E-state index in [0.717, 1.165) is 12.8 Å². The second-order valence-corrected chi connectivity index (χ2v) is 4.52. The van der Waals surface area contributed by atoms with Crippen molar-refractivity contribution in [3.8, 4) is 0 Å². The van der Waals surface area contributed by atoms with Gasteiger partial charge in [0.05, 0.1) is 6.61 Å². The van der Waals surface area contributed by atoms with E-state index in [1.54, 1.807) is 0 Å². The van der Waals surface area contributed by atoms with E-state index in [1.807, 2.05) is 0 Å². The van der Waals surface area contributed by atoms with Crippen LogP contribution in [0.25, 0.3) is 0 Å². The summed E-state index contributed by atoms with van der Waals surface area (Å²) in [7, 11) is 0. The highest BCUT2D eigenvalue weighted by Crippen LogP contribution is 2.40. The molecule has 0 aliphatic heterocycles. The van der Waals surface area contributed by atoms with Crippen molar-refractivity contribution in [3.63, 3.8) is 0 Å². The summed E-state index contributed by atoms with van der Waals surface area (Å²) in [4.78, 5) is 0. The van der Waals surface area contributed by atoms with Crippen molar-refractivity contribution in [3.05, 3.63) is 35.4 Å². The largest absolute Gasteiger partial charge is 0.395 e. The van der Waals surface area contributed by atoms with Crippen molar-refractivity contribution >= 4 is 0 Å². The number of aliphatic hydroxyl groups excluding tert-OH is 1. The molecule has 1 aliphatic rings. The quantitative estimate of drug-likeness (QED) is 0.760. The highest BCUT2D eigenvalue weighted by atomic mass is 16.3. The normalized spacial score (nSPS) is 19.9. The molecule has 1 fully saturated rings. The molecule has 0 aromatic heterocycles. The maximum Gasteiger partial charge on any atom is 0.0527 e. The Kier molecular flexibility index (Phi) is 2.60. The van der Waals surface area contributed by atoms with Crippen molar-refractivity contribution in [2.45, 2.75) is 38.0 Å². The Morgan fingerprint density at radius 2 is 2.00 bits per heavy atom. The van der Waals surface area contributed by atoms with Crippen LogP contribution in [0.3, 0.4) is 0 Å². The Morgan fingerprint density at radius 3 is 2.57 bits per heavy atom. The van der Waals surface area contributed by atoms with Gasteiger partial charge in [0, 0.05) is 5.41 Å². The van der Waals surface area contributed by atoms with Crippen LogP contribution in [0.2, 0.25) is 0 Å². The number of hydrogen-bond donors (Lipinski definition) is 1. The summed E-state index contributed by atoms with van der Waals surface area (Å²) in [5.41, 5.74) is 2.70. The minimum Gasteiger partial charge on any atom is -0.395 e. The first-order chi connectivity index (χ1) is 6.77. The second kappa shape index (κ2) is 3.74. The third-order valence-corrected chi connectivity index (χ3v) is 3.49. The summed E-state index contributed by atoms with van der Waals surface area (Å²) in [5.74, 6) is 0. The third kappa shape index (κ3) is 1.57. The molecule has 2 rings (SSSR count). The van der Waals surface area contributed by atoms with Crippen LogP contribution >= 0.6 is 0 Å². The summed E-state index contributed by atoms with van der Waals surface area (Å²) in [6.45, 7) is 2.42. The number of benzene rings is 1. The van der Waals surface area contributed by atoms with Crippen molar-refractivity contribution in [2.24, 2.45) is 0 Å². The zero-order chi connectivity index (χ0) is 10.0. The van der Waals surface area contributed by atoms with E-state index in [1.165, 1.54) is 24.0 Å². The van der Waals surface area contributed by atoms with Crippen molar-refractivity contribution < 1.29 is 5.11 Å². The van der Waals surface area contributed by atoms with Gasteiger partial charge in [0.25, 0.3) is 0 Å². The molecular weight excluding hydrogens is 172 g/mol. The van der Waals surface area contributed by atoms with Gasteiger partial charge in [-0.25, -0.2) is 0 Å². The topological polar surface area (TPSA) is 20.2 Å². The first-order valence-electron chi connectivity index (χ1n) is 5.45. The van der Waals surface area contributed by atoms with Crippen LogP contribution in [-0.4, -0.2) is 11.7 Å². The van der Waals surface area contributed by atoms with E-state index in [0.29, 0.717) is 6.61 Å². The molecule has 0 spiro atoms. The summed E-state index contributed by atoms with van der Waals surface area (Å²) in [6.07, 6.45) is 4.81. The Morgan fingerprint density at radius 1 is 1.29 bits per heavy atom. The minimum atomic E-state index is 0.0754. The summed E-state index contributed by atoms with van der Waals surface area (Å²) in [5, 5.41) is 9.56. The first kappa shape index (κ1) is 9.72. The Hall–Kier alpha value is -0.820. The molecule has 1 N–H and O–H groups in total. The van der Waals surface area contributed by atoms with Gasteiger partial charge in [-0.15, -0.1) is 0 Å². The SMILES string of the molecule is Cc1cccc(C2(CO)CCCC2)c1. The van der Waals surface area contributed by atoms with Crippen LogP contribution in [0.5, 0.6) is 0 Å². The van der Waals surface area contributed by atoms with Crippen molar-refractivity contribution in [2.75, 3.05) is 6.61 Å². The monoisotopic (exact) mass is 190 g/mol. The van der Waals surface area contributed by atoms with E-state index >= 15 is 0 Å². The van der Waals surface area contributed by atoms with Gasteiger partial charge >= 0.3 is 0 Å².